The fourth-order valence-corrected chi connectivity index (χ4v) is 4.56. The van der Waals surface area contributed by atoms with Gasteiger partial charge >= 0.3 is 0 Å². The standard InChI is InChI=1S/C28H27N3O3/c1-34-24-12-8-11-21(19-24)29-26-25(20-9-4-2-5-10-20)27(32)31(28(26)33)23-15-13-22(14-16-23)30-17-6-3-7-18-30/h2,4-5,8-16,19,29H,3,6-7,17-18H2,1H3. The average molecular weight is 454 g/mol. The summed E-state index contributed by atoms with van der Waals surface area (Å²) in [6.07, 6.45) is 3.64. The molecule has 3 aromatic carbocycles. The SMILES string of the molecule is COc1cccc(NC2=C(c3ccccc3)C(=O)N(c3ccc(N4CCCCC4)cc3)C2=O)c1. The molecule has 0 aromatic heterocycles. The van der Waals surface area contributed by atoms with Crippen LogP contribution in [-0.4, -0.2) is 32.0 Å². The van der Waals surface area contributed by atoms with Crippen molar-refractivity contribution in [1.82, 2.24) is 0 Å². The first-order valence-electron chi connectivity index (χ1n) is 11.6. The summed E-state index contributed by atoms with van der Waals surface area (Å²) in [6.45, 7) is 2.07. The van der Waals surface area contributed by atoms with Crippen LogP contribution < -0.4 is 19.9 Å². The molecule has 172 valence electrons. The second kappa shape index (κ2) is 9.43. The van der Waals surface area contributed by atoms with E-state index in [2.05, 4.69) is 10.2 Å². The molecule has 0 aliphatic carbocycles. The van der Waals surface area contributed by atoms with Crippen molar-refractivity contribution in [3.05, 3.63) is 90.1 Å². The van der Waals surface area contributed by atoms with E-state index in [4.69, 9.17) is 4.74 Å². The van der Waals surface area contributed by atoms with Gasteiger partial charge in [0.15, 0.2) is 0 Å². The van der Waals surface area contributed by atoms with Crippen LogP contribution in [-0.2, 0) is 9.59 Å². The Labute approximate surface area is 199 Å². The van der Waals surface area contributed by atoms with Crippen LogP contribution in [0, 0.1) is 0 Å². The number of anilines is 3. The lowest BCUT2D eigenvalue weighted by Crippen LogP contribution is -2.32. The summed E-state index contributed by atoms with van der Waals surface area (Å²) in [4.78, 5) is 30.8. The highest BCUT2D eigenvalue weighted by atomic mass is 16.5. The minimum atomic E-state index is -0.377. The van der Waals surface area contributed by atoms with Crippen molar-refractivity contribution in [3.63, 3.8) is 0 Å². The van der Waals surface area contributed by atoms with Crippen molar-refractivity contribution in [2.75, 3.05) is 35.3 Å². The van der Waals surface area contributed by atoms with E-state index in [-0.39, 0.29) is 17.5 Å². The van der Waals surface area contributed by atoms with E-state index < -0.39 is 0 Å². The van der Waals surface area contributed by atoms with Crippen LogP contribution in [0.5, 0.6) is 5.75 Å². The molecule has 5 rings (SSSR count). The van der Waals surface area contributed by atoms with Gasteiger partial charge in [-0.15, -0.1) is 0 Å². The zero-order chi connectivity index (χ0) is 23.5. The summed E-state index contributed by atoms with van der Waals surface area (Å²) in [5, 5.41) is 3.19. The van der Waals surface area contributed by atoms with E-state index >= 15 is 0 Å². The Bertz CT molecular complexity index is 1230. The Morgan fingerprint density at radius 2 is 1.47 bits per heavy atom. The van der Waals surface area contributed by atoms with E-state index in [1.165, 1.54) is 24.2 Å². The van der Waals surface area contributed by atoms with E-state index in [1.807, 2.05) is 72.8 Å². The lowest BCUT2D eigenvalue weighted by molar-refractivity contribution is -0.120. The van der Waals surface area contributed by atoms with Crippen molar-refractivity contribution >= 4 is 34.4 Å². The fraction of sp³-hybridized carbons (Fsp3) is 0.214. The zero-order valence-corrected chi connectivity index (χ0v) is 19.2. The maximum atomic E-state index is 13.6. The number of nitrogens with one attached hydrogen (secondary N) is 1. The molecule has 0 spiro atoms. The third kappa shape index (κ3) is 4.15. The minimum absolute atomic E-state index is 0.254. The van der Waals surface area contributed by atoms with Gasteiger partial charge in [0, 0.05) is 30.5 Å². The molecule has 3 aromatic rings. The lowest BCUT2D eigenvalue weighted by Gasteiger charge is -2.29. The van der Waals surface area contributed by atoms with Gasteiger partial charge in [-0.25, -0.2) is 4.90 Å². The molecule has 1 saturated heterocycles. The third-order valence-corrected chi connectivity index (χ3v) is 6.31. The number of ether oxygens (including phenoxy) is 1. The summed E-state index contributed by atoms with van der Waals surface area (Å²) in [6, 6.07) is 24.3. The maximum Gasteiger partial charge on any atom is 0.282 e. The molecule has 2 aliphatic rings. The summed E-state index contributed by atoms with van der Waals surface area (Å²) >= 11 is 0. The molecule has 1 N–H and O–H groups in total. The van der Waals surface area contributed by atoms with Gasteiger partial charge in [-0.2, -0.15) is 0 Å². The Morgan fingerprint density at radius 1 is 0.765 bits per heavy atom. The largest absolute Gasteiger partial charge is 0.497 e. The molecule has 2 aliphatic heterocycles. The van der Waals surface area contributed by atoms with Gasteiger partial charge in [0.05, 0.1) is 18.4 Å². The van der Waals surface area contributed by atoms with Gasteiger partial charge in [-0.3, -0.25) is 9.59 Å². The number of rotatable bonds is 6. The molecule has 0 unspecified atom stereocenters. The number of benzene rings is 3. The first kappa shape index (κ1) is 21.8. The minimum Gasteiger partial charge on any atom is -0.497 e. The molecule has 0 bridgehead atoms. The number of imide groups is 1. The number of carbonyl (C=O) groups is 2. The molecule has 1 fully saturated rings. The maximum absolute atomic E-state index is 13.6. The normalized spacial score (nSPS) is 16.3. The number of amides is 2. The molecule has 2 heterocycles. The Hall–Kier alpha value is -4.06. The van der Waals surface area contributed by atoms with Gasteiger partial charge < -0.3 is 15.0 Å². The van der Waals surface area contributed by atoms with Crippen molar-refractivity contribution < 1.29 is 14.3 Å². The quantitative estimate of drug-likeness (QED) is 0.527. The first-order valence-corrected chi connectivity index (χ1v) is 11.6. The number of nitrogens with zero attached hydrogens (tertiary/aromatic N) is 2. The van der Waals surface area contributed by atoms with Crippen molar-refractivity contribution in [1.29, 1.82) is 0 Å². The molecule has 0 saturated carbocycles. The molecule has 0 radical (unpaired) electrons. The number of piperidine rings is 1. The average Bonchev–Trinajstić information content (AvgIpc) is 3.14. The molecule has 34 heavy (non-hydrogen) atoms. The predicted octanol–water partition coefficient (Wildman–Crippen LogP) is 5.08. The molecular formula is C28H27N3O3. The zero-order valence-electron chi connectivity index (χ0n) is 19.2. The van der Waals surface area contributed by atoms with Crippen LogP contribution in [0.25, 0.3) is 5.57 Å². The van der Waals surface area contributed by atoms with Crippen LogP contribution >= 0.6 is 0 Å². The van der Waals surface area contributed by atoms with Gasteiger partial charge in [-0.05, 0) is 61.2 Å². The smallest absolute Gasteiger partial charge is 0.282 e. The van der Waals surface area contributed by atoms with Crippen LogP contribution in [0.15, 0.2) is 84.6 Å². The summed E-state index contributed by atoms with van der Waals surface area (Å²) in [5.74, 6) is -0.0569. The molecule has 6 heteroatoms. The van der Waals surface area contributed by atoms with Crippen LogP contribution in [0.4, 0.5) is 17.1 Å². The van der Waals surface area contributed by atoms with Gasteiger partial charge in [-0.1, -0.05) is 36.4 Å². The summed E-state index contributed by atoms with van der Waals surface area (Å²) < 4.78 is 5.31. The number of hydrogen-bond donors (Lipinski definition) is 1. The van der Waals surface area contributed by atoms with Crippen molar-refractivity contribution in [3.8, 4) is 5.75 Å². The number of hydrogen-bond acceptors (Lipinski definition) is 5. The van der Waals surface area contributed by atoms with E-state index in [0.717, 1.165) is 18.8 Å². The van der Waals surface area contributed by atoms with Gasteiger partial charge in [0.25, 0.3) is 11.8 Å². The second-order valence-corrected chi connectivity index (χ2v) is 8.48. The van der Waals surface area contributed by atoms with E-state index in [9.17, 15) is 9.59 Å². The van der Waals surface area contributed by atoms with Gasteiger partial charge in [0.2, 0.25) is 0 Å². The van der Waals surface area contributed by atoms with Gasteiger partial charge in [0.1, 0.15) is 11.4 Å². The highest BCUT2D eigenvalue weighted by molar-refractivity contribution is 6.46. The third-order valence-electron chi connectivity index (χ3n) is 6.31. The first-order chi connectivity index (χ1) is 16.7. The molecule has 6 nitrogen and oxygen atoms in total. The predicted molar refractivity (Wildman–Crippen MR) is 135 cm³/mol. The van der Waals surface area contributed by atoms with Crippen LogP contribution in [0.2, 0.25) is 0 Å². The van der Waals surface area contributed by atoms with Crippen LogP contribution in [0.1, 0.15) is 24.8 Å². The Kier molecular flexibility index (Phi) is 6.04. The van der Waals surface area contributed by atoms with E-state index in [1.54, 1.807) is 13.2 Å². The molecule has 2 amide bonds. The fourth-order valence-electron chi connectivity index (χ4n) is 4.56. The second-order valence-electron chi connectivity index (χ2n) is 8.48. The number of carbonyl (C=O) groups excluding carboxylic acids is 2. The van der Waals surface area contributed by atoms with Crippen molar-refractivity contribution in [2.45, 2.75) is 19.3 Å². The Morgan fingerprint density at radius 3 is 2.18 bits per heavy atom. The topological polar surface area (TPSA) is 61.9 Å². The van der Waals surface area contributed by atoms with Crippen LogP contribution in [0.3, 0.4) is 0 Å². The molecule has 0 atom stereocenters. The monoisotopic (exact) mass is 453 g/mol. The van der Waals surface area contributed by atoms with Crippen molar-refractivity contribution in [2.24, 2.45) is 0 Å². The Balaban J connectivity index is 1.49. The highest BCUT2D eigenvalue weighted by Crippen LogP contribution is 2.35. The highest BCUT2D eigenvalue weighted by Gasteiger charge is 2.40. The van der Waals surface area contributed by atoms with E-state index in [0.29, 0.717) is 28.3 Å². The summed E-state index contributed by atoms with van der Waals surface area (Å²) in [5.41, 5.74) is 3.66. The molecular weight excluding hydrogens is 426 g/mol. The number of methoxy groups -OCH3 is 1. The summed E-state index contributed by atoms with van der Waals surface area (Å²) in [7, 11) is 1.59. The lowest BCUT2D eigenvalue weighted by atomic mass is 10.0.